The van der Waals surface area contributed by atoms with E-state index in [1.54, 1.807) is 13.0 Å². The molecule has 1 aromatic carbocycles. The van der Waals surface area contributed by atoms with Crippen molar-refractivity contribution >= 4 is 27.6 Å². The average Bonchev–Trinajstić information content (AvgIpc) is 2.23. The Morgan fingerprint density at radius 3 is 2.27 bits per heavy atom. The summed E-state index contributed by atoms with van der Waals surface area (Å²) in [6.45, 7) is 7.63. The van der Waals surface area contributed by atoms with E-state index in [9.17, 15) is 4.79 Å². The summed E-state index contributed by atoms with van der Waals surface area (Å²) < 4.78 is 0.870. The Bertz CT molecular complexity index is 375. The molecule has 0 atom stereocenters. The summed E-state index contributed by atoms with van der Waals surface area (Å²) in [6, 6.07) is 1.56. The molecule has 0 heterocycles. The first-order chi connectivity index (χ1) is 6.95. The molecule has 0 spiro atoms. The van der Waals surface area contributed by atoms with Gasteiger partial charge in [0.25, 0.3) is 0 Å². The van der Waals surface area contributed by atoms with E-state index in [1.165, 1.54) is 0 Å². The van der Waals surface area contributed by atoms with E-state index in [1.807, 2.05) is 20.8 Å². The van der Waals surface area contributed by atoms with Gasteiger partial charge in [-0.2, -0.15) is 0 Å². The third kappa shape index (κ3) is 2.96. The number of benzene rings is 1. The predicted octanol–water partition coefficient (Wildman–Crippen LogP) is 3.37. The lowest BCUT2D eigenvalue weighted by Crippen LogP contribution is -2.05. The van der Waals surface area contributed by atoms with Gasteiger partial charge in [-0.1, -0.05) is 29.8 Å². The highest BCUT2D eigenvalue weighted by molar-refractivity contribution is 9.10. The van der Waals surface area contributed by atoms with Gasteiger partial charge in [0.1, 0.15) is 0 Å². The van der Waals surface area contributed by atoms with Crippen LogP contribution in [0.3, 0.4) is 0 Å². The minimum atomic E-state index is -0.990. The number of nitrogens with two attached hydrogens (primary N) is 1. The molecule has 0 unspecified atom stereocenters. The molecule has 0 radical (unpaired) electrons. The lowest BCUT2D eigenvalue weighted by Gasteiger charge is -2.09. The van der Waals surface area contributed by atoms with E-state index >= 15 is 0 Å². The smallest absolute Gasteiger partial charge is 0.337 e. The molecule has 0 aliphatic carbocycles. The molecule has 0 saturated heterocycles. The largest absolute Gasteiger partial charge is 0.478 e. The van der Waals surface area contributed by atoms with Gasteiger partial charge >= 0.3 is 5.97 Å². The Morgan fingerprint density at radius 1 is 1.40 bits per heavy atom. The van der Waals surface area contributed by atoms with E-state index in [-0.39, 0.29) is 5.56 Å². The summed E-state index contributed by atoms with van der Waals surface area (Å²) in [5, 5.41) is 8.81. The van der Waals surface area contributed by atoms with Gasteiger partial charge in [-0.15, -0.1) is 0 Å². The number of carboxylic acid groups (broad SMARTS) is 1. The maximum atomic E-state index is 10.7. The summed E-state index contributed by atoms with van der Waals surface area (Å²) in [5.74, 6) is -0.990. The second-order valence-corrected chi connectivity index (χ2v) is 3.69. The van der Waals surface area contributed by atoms with Gasteiger partial charge in [-0.25, -0.2) is 4.79 Å². The van der Waals surface area contributed by atoms with Gasteiger partial charge < -0.3 is 10.8 Å². The summed E-state index contributed by atoms with van der Waals surface area (Å²) >= 11 is 3.34. The molecular weight excluding hydrogens is 258 g/mol. The van der Waals surface area contributed by atoms with Crippen LogP contribution < -0.4 is 5.73 Å². The van der Waals surface area contributed by atoms with Gasteiger partial charge in [0.05, 0.1) is 11.3 Å². The number of aromatic carboxylic acids is 1. The van der Waals surface area contributed by atoms with Crippen LogP contribution in [0.1, 0.15) is 35.3 Å². The Kier molecular flexibility index (Phi) is 5.36. The Morgan fingerprint density at radius 2 is 1.87 bits per heavy atom. The van der Waals surface area contributed by atoms with E-state index in [0.717, 1.165) is 15.6 Å². The molecular formula is C11H16BrNO2. The topological polar surface area (TPSA) is 63.3 Å². The quantitative estimate of drug-likeness (QED) is 0.772. The minimum absolute atomic E-state index is 0.165. The number of nitrogen functional groups attached to an aromatic ring is 1. The van der Waals surface area contributed by atoms with Crippen molar-refractivity contribution < 1.29 is 9.90 Å². The Labute approximate surface area is 98.4 Å². The highest BCUT2D eigenvalue weighted by Crippen LogP contribution is 2.28. The molecule has 1 rings (SSSR count). The SMILES string of the molecule is CC.Cc1cc(C(=O)O)c(N)c(C)c1Br. The number of aryl methyl sites for hydroxylation is 1. The van der Waals surface area contributed by atoms with E-state index in [4.69, 9.17) is 10.8 Å². The first-order valence-electron chi connectivity index (χ1n) is 4.73. The van der Waals surface area contributed by atoms with Crippen molar-refractivity contribution in [1.29, 1.82) is 0 Å². The molecule has 84 valence electrons. The fraction of sp³-hybridized carbons (Fsp3) is 0.364. The second kappa shape index (κ2) is 5.75. The first kappa shape index (κ1) is 14.0. The van der Waals surface area contributed by atoms with Crippen molar-refractivity contribution in [2.24, 2.45) is 0 Å². The normalized spacial score (nSPS) is 9.13. The molecule has 0 fully saturated rings. The van der Waals surface area contributed by atoms with Crippen molar-refractivity contribution in [1.82, 2.24) is 0 Å². The zero-order valence-corrected chi connectivity index (χ0v) is 11.0. The van der Waals surface area contributed by atoms with Crippen molar-refractivity contribution in [3.05, 3.63) is 27.2 Å². The highest BCUT2D eigenvalue weighted by atomic mass is 79.9. The number of halogens is 1. The van der Waals surface area contributed by atoms with Crippen LogP contribution in [0.2, 0.25) is 0 Å². The lowest BCUT2D eigenvalue weighted by molar-refractivity contribution is 0.0698. The zero-order chi connectivity index (χ0) is 12.2. The molecule has 0 bridgehead atoms. The van der Waals surface area contributed by atoms with Crippen molar-refractivity contribution in [2.75, 3.05) is 5.73 Å². The molecule has 0 saturated carbocycles. The van der Waals surface area contributed by atoms with Crippen LogP contribution in [0, 0.1) is 13.8 Å². The summed E-state index contributed by atoms with van der Waals surface area (Å²) in [6.07, 6.45) is 0. The van der Waals surface area contributed by atoms with Crippen molar-refractivity contribution in [2.45, 2.75) is 27.7 Å². The van der Waals surface area contributed by atoms with Crippen LogP contribution in [-0.2, 0) is 0 Å². The van der Waals surface area contributed by atoms with Gasteiger partial charge in [-0.3, -0.25) is 0 Å². The van der Waals surface area contributed by atoms with Crippen molar-refractivity contribution in [3.8, 4) is 0 Å². The third-order valence-corrected chi connectivity index (χ3v) is 3.18. The van der Waals surface area contributed by atoms with Crippen molar-refractivity contribution in [3.63, 3.8) is 0 Å². The number of hydrogen-bond donors (Lipinski definition) is 2. The summed E-state index contributed by atoms with van der Waals surface area (Å²) in [5.41, 5.74) is 7.79. The molecule has 3 N–H and O–H groups in total. The minimum Gasteiger partial charge on any atom is -0.478 e. The molecule has 1 aromatic rings. The van der Waals surface area contributed by atoms with Crippen LogP contribution in [0.4, 0.5) is 5.69 Å². The molecule has 0 amide bonds. The molecule has 0 aromatic heterocycles. The monoisotopic (exact) mass is 273 g/mol. The molecule has 4 heteroatoms. The Balaban J connectivity index is 0.000000921. The number of anilines is 1. The molecule has 3 nitrogen and oxygen atoms in total. The van der Waals surface area contributed by atoms with Gasteiger partial charge in [0.2, 0.25) is 0 Å². The highest BCUT2D eigenvalue weighted by Gasteiger charge is 2.13. The van der Waals surface area contributed by atoms with Crippen LogP contribution in [0.5, 0.6) is 0 Å². The average molecular weight is 274 g/mol. The van der Waals surface area contributed by atoms with Crippen LogP contribution in [0.15, 0.2) is 10.5 Å². The fourth-order valence-corrected chi connectivity index (χ4v) is 1.48. The van der Waals surface area contributed by atoms with E-state index in [0.29, 0.717) is 5.69 Å². The zero-order valence-electron chi connectivity index (χ0n) is 9.39. The fourth-order valence-electron chi connectivity index (χ4n) is 1.15. The Hall–Kier alpha value is -1.03. The second-order valence-electron chi connectivity index (χ2n) is 2.90. The predicted molar refractivity (Wildman–Crippen MR) is 66.3 cm³/mol. The van der Waals surface area contributed by atoms with E-state index in [2.05, 4.69) is 15.9 Å². The summed E-state index contributed by atoms with van der Waals surface area (Å²) in [7, 11) is 0. The number of rotatable bonds is 1. The first-order valence-corrected chi connectivity index (χ1v) is 5.53. The van der Waals surface area contributed by atoms with Gasteiger partial charge in [0.15, 0.2) is 0 Å². The maximum Gasteiger partial charge on any atom is 0.337 e. The standard InChI is InChI=1S/C9H10BrNO2.C2H6/c1-4-3-6(9(12)13)8(11)5(2)7(4)10;1-2/h3H,11H2,1-2H3,(H,12,13);1-2H3. The van der Waals surface area contributed by atoms with Gasteiger partial charge in [0, 0.05) is 4.47 Å². The summed E-state index contributed by atoms with van der Waals surface area (Å²) in [4.78, 5) is 10.7. The lowest BCUT2D eigenvalue weighted by atomic mass is 10.0. The number of hydrogen-bond acceptors (Lipinski definition) is 2. The van der Waals surface area contributed by atoms with Crippen LogP contribution >= 0.6 is 15.9 Å². The maximum absolute atomic E-state index is 10.7. The number of carbonyl (C=O) groups is 1. The van der Waals surface area contributed by atoms with Gasteiger partial charge in [-0.05, 0) is 31.0 Å². The van der Waals surface area contributed by atoms with Crippen LogP contribution in [0.25, 0.3) is 0 Å². The van der Waals surface area contributed by atoms with Crippen LogP contribution in [-0.4, -0.2) is 11.1 Å². The molecule has 15 heavy (non-hydrogen) atoms. The van der Waals surface area contributed by atoms with E-state index < -0.39 is 5.97 Å². The third-order valence-electron chi connectivity index (χ3n) is 1.96. The molecule has 0 aliphatic rings. The number of carboxylic acids is 1. The molecule has 0 aliphatic heterocycles.